The normalized spacial score (nSPS) is 16.5. The van der Waals surface area contributed by atoms with Gasteiger partial charge in [-0.25, -0.2) is 0 Å². The van der Waals surface area contributed by atoms with Crippen molar-refractivity contribution in [1.82, 2.24) is 14.1 Å². The summed E-state index contributed by atoms with van der Waals surface area (Å²) in [6.07, 6.45) is 6.49. The molecule has 4 aliphatic rings. The number of rotatable bonds is 4. The van der Waals surface area contributed by atoms with E-state index < -0.39 is 10.8 Å². The Bertz CT molecular complexity index is 4420. The summed E-state index contributed by atoms with van der Waals surface area (Å²) in [6, 6.07) is 77.0. The van der Waals surface area contributed by atoms with Gasteiger partial charge in [-0.1, -0.05) is 170 Å². The third-order valence-electron chi connectivity index (χ3n) is 16.4. The lowest BCUT2D eigenvalue weighted by molar-refractivity contribution is 0.708. The minimum atomic E-state index is -0.779. The Hall–Kier alpha value is -8.77. The summed E-state index contributed by atoms with van der Waals surface area (Å²) in [6.45, 7) is 6.39. The Morgan fingerprint density at radius 3 is 1.61 bits per heavy atom. The largest absolute Gasteiger partial charge is 0.309 e. The van der Waals surface area contributed by atoms with Gasteiger partial charge in [0, 0.05) is 42.6 Å². The molecule has 0 amide bonds. The number of aromatic nitrogens is 3. The van der Waals surface area contributed by atoms with E-state index in [1.807, 2.05) is 11.8 Å². The predicted octanol–water partition coefficient (Wildman–Crippen LogP) is 16.4. The molecule has 3 aromatic heterocycles. The van der Waals surface area contributed by atoms with Gasteiger partial charge >= 0.3 is 0 Å². The fourth-order valence-corrected chi connectivity index (χ4v) is 15.0. The SMILES string of the molecule is C=NC1=C(/C=C\C)C2(c3ccccc3Sc3cc4c(cc32)-c2ccccc2C42c3ccccc3-c3ccccc32)c2cc(-n3c4ccccc4c4cc5c(cc43)c3ccccc3n5-c3ccccc3)cnc21. The molecule has 3 aliphatic carbocycles. The number of benzene rings is 9. The maximum atomic E-state index is 5.52. The van der Waals surface area contributed by atoms with Gasteiger partial charge in [-0.3, -0.25) is 9.98 Å². The quantitative estimate of drug-likeness (QED) is 0.165. The van der Waals surface area contributed by atoms with Crippen LogP contribution in [0.4, 0.5) is 0 Å². The highest BCUT2D eigenvalue weighted by molar-refractivity contribution is 7.99. The van der Waals surface area contributed by atoms with Crippen LogP contribution in [0.2, 0.25) is 0 Å². The molecule has 0 saturated heterocycles. The summed E-state index contributed by atoms with van der Waals surface area (Å²) in [5, 5.41) is 4.81. The van der Waals surface area contributed by atoms with Crippen LogP contribution in [0.25, 0.3) is 82.9 Å². The molecule has 0 fully saturated rings. The first-order valence-electron chi connectivity index (χ1n) is 24.8. The fraction of sp³-hybridized carbons (Fsp3) is 0.0448. The van der Waals surface area contributed by atoms with E-state index in [4.69, 9.17) is 9.98 Å². The van der Waals surface area contributed by atoms with E-state index in [1.165, 1.54) is 98.0 Å². The molecular weight excluding hydrogens is 893 g/mol. The van der Waals surface area contributed by atoms with Crippen molar-refractivity contribution >= 4 is 67.8 Å². The summed E-state index contributed by atoms with van der Waals surface area (Å²) in [7, 11) is 0. The van der Waals surface area contributed by atoms with Crippen molar-refractivity contribution in [3.8, 4) is 33.6 Å². The minimum absolute atomic E-state index is 0.466. The van der Waals surface area contributed by atoms with Gasteiger partial charge in [0.25, 0.3) is 0 Å². The summed E-state index contributed by atoms with van der Waals surface area (Å²) in [4.78, 5) is 12.9. The van der Waals surface area contributed by atoms with Gasteiger partial charge in [0.15, 0.2) is 0 Å². The number of aliphatic imine (C=N–C) groups is 1. The molecular formula is C67H42N4S. The standard InChI is InChI=1S/C67H42N4S/c1-3-19-54-64(68-2)65-57(34-41(39-69-65)71-59-32-17-11-26-46(59)49-36-60-48(37-61(49)71)45-25-10-16-31-58(45)70(60)40-20-5-4-6-21-40)67(54)53-30-15-18-33-62(53)72-63-38-55-47(35-56(63)67)44-24-9-14-29-52(44)66(55)50-27-12-7-22-42(50)43-23-8-13-28-51(43)66/h3-39H,2H2,1H3/b19-3-. The van der Waals surface area contributed by atoms with Crippen LogP contribution < -0.4 is 0 Å². The summed E-state index contributed by atoms with van der Waals surface area (Å²) in [5.74, 6) is 0. The number of nitrogens with zero attached hydrogens (tertiary/aromatic N) is 4. The predicted molar refractivity (Wildman–Crippen MR) is 297 cm³/mol. The topological polar surface area (TPSA) is 35.1 Å². The maximum absolute atomic E-state index is 5.52. The molecule has 0 bridgehead atoms. The molecule has 4 heterocycles. The number of hydrogen-bond donors (Lipinski definition) is 0. The lowest BCUT2D eigenvalue weighted by Crippen LogP contribution is -2.33. The molecule has 5 heteroatoms. The third kappa shape index (κ3) is 4.79. The van der Waals surface area contributed by atoms with Crippen LogP contribution in [0.3, 0.4) is 0 Å². The Labute approximate surface area is 420 Å². The molecule has 0 radical (unpaired) electrons. The first-order chi connectivity index (χ1) is 35.6. The molecule has 336 valence electrons. The van der Waals surface area contributed by atoms with E-state index in [-0.39, 0.29) is 0 Å². The molecule has 1 atom stereocenters. The second-order valence-corrected chi connectivity index (χ2v) is 20.6. The summed E-state index contributed by atoms with van der Waals surface area (Å²) >= 11 is 1.88. The molecule has 1 aliphatic heterocycles. The van der Waals surface area contributed by atoms with E-state index in [1.54, 1.807) is 0 Å². The van der Waals surface area contributed by atoms with Crippen LogP contribution in [0.5, 0.6) is 0 Å². The van der Waals surface area contributed by atoms with E-state index >= 15 is 0 Å². The average molecular weight is 935 g/mol. The van der Waals surface area contributed by atoms with Crippen LogP contribution in [-0.4, -0.2) is 20.8 Å². The number of pyridine rings is 1. The van der Waals surface area contributed by atoms with Crippen LogP contribution >= 0.6 is 11.8 Å². The zero-order valence-electron chi connectivity index (χ0n) is 39.3. The summed E-state index contributed by atoms with van der Waals surface area (Å²) in [5.41, 5.74) is 22.3. The molecule has 2 spiro atoms. The second kappa shape index (κ2) is 14.4. The van der Waals surface area contributed by atoms with Crippen molar-refractivity contribution < 1.29 is 0 Å². The monoisotopic (exact) mass is 934 g/mol. The molecule has 0 N–H and O–H groups in total. The van der Waals surface area contributed by atoms with Crippen molar-refractivity contribution in [3.63, 3.8) is 0 Å². The van der Waals surface area contributed by atoms with Gasteiger partial charge in [-0.15, -0.1) is 0 Å². The van der Waals surface area contributed by atoms with Crippen LogP contribution in [0.1, 0.15) is 51.6 Å². The Balaban J connectivity index is 1.000. The summed E-state index contributed by atoms with van der Waals surface area (Å²) < 4.78 is 4.85. The van der Waals surface area contributed by atoms with Crippen molar-refractivity contribution in [2.75, 3.05) is 0 Å². The Kier molecular flexibility index (Phi) is 8.01. The van der Waals surface area contributed by atoms with Gasteiger partial charge in [0.1, 0.15) is 0 Å². The second-order valence-electron chi connectivity index (χ2n) is 19.6. The van der Waals surface area contributed by atoms with Gasteiger partial charge in [-0.2, -0.15) is 0 Å². The van der Waals surface area contributed by atoms with Crippen molar-refractivity contribution in [3.05, 3.63) is 275 Å². The highest BCUT2D eigenvalue weighted by Gasteiger charge is 2.56. The first-order valence-corrected chi connectivity index (χ1v) is 25.6. The molecule has 9 aromatic carbocycles. The van der Waals surface area contributed by atoms with E-state index in [0.717, 1.165) is 44.9 Å². The Morgan fingerprint density at radius 1 is 0.444 bits per heavy atom. The minimum Gasteiger partial charge on any atom is -0.309 e. The molecule has 16 rings (SSSR count). The van der Waals surface area contributed by atoms with Crippen molar-refractivity contribution in [2.24, 2.45) is 4.99 Å². The molecule has 4 nitrogen and oxygen atoms in total. The van der Waals surface area contributed by atoms with Crippen molar-refractivity contribution in [2.45, 2.75) is 27.5 Å². The molecule has 0 saturated carbocycles. The maximum Gasteiger partial charge on any atom is 0.0938 e. The van der Waals surface area contributed by atoms with Crippen molar-refractivity contribution in [1.29, 1.82) is 0 Å². The number of hydrogen-bond acceptors (Lipinski definition) is 3. The smallest absolute Gasteiger partial charge is 0.0938 e. The zero-order valence-corrected chi connectivity index (χ0v) is 40.1. The van der Waals surface area contributed by atoms with Crippen LogP contribution in [0.15, 0.2) is 245 Å². The number of allylic oxidation sites excluding steroid dienone is 3. The van der Waals surface area contributed by atoms with Gasteiger partial charge < -0.3 is 9.13 Å². The highest BCUT2D eigenvalue weighted by atomic mass is 32.2. The van der Waals surface area contributed by atoms with Gasteiger partial charge in [-0.05, 0) is 136 Å². The first kappa shape index (κ1) is 40.0. The Morgan fingerprint density at radius 2 is 0.986 bits per heavy atom. The van der Waals surface area contributed by atoms with Gasteiger partial charge in [0.05, 0.1) is 56.2 Å². The molecule has 72 heavy (non-hydrogen) atoms. The lowest BCUT2D eigenvalue weighted by Gasteiger charge is -2.41. The number of fused-ring (bicyclic) bond motifs is 22. The average Bonchev–Trinajstić information content (AvgIpc) is 4.19. The fourth-order valence-electron chi connectivity index (χ4n) is 13.8. The van der Waals surface area contributed by atoms with E-state index in [0.29, 0.717) is 0 Å². The van der Waals surface area contributed by atoms with E-state index in [2.05, 4.69) is 247 Å². The zero-order chi connectivity index (χ0) is 47.5. The van der Waals surface area contributed by atoms with Gasteiger partial charge in [0.2, 0.25) is 0 Å². The molecule has 12 aromatic rings. The highest BCUT2D eigenvalue weighted by Crippen LogP contribution is 2.67. The number of para-hydroxylation sites is 3. The molecule has 1 unspecified atom stereocenters. The third-order valence-corrected chi connectivity index (χ3v) is 17.5. The van der Waals surface area contributed by atoms with Crippen LogP contribution in [-0.2, 0) is 10.8 Å². The van der Waals surface area contributed by atoms with Crippen LogP contribution in [0, 0.1) is 0 Å². The van der Waals surface area contributed by atoms with E-state index in [9.17, 15) is 0 Å². The lowest BCUT2D eigenvalue weighted by atomic mass is 9.65.